The molecule has 3 aromatic carbocycles. The molecule has 5 heteroatoms. The van der Waals surface area contributed by atoms with Crippen molar-refractivity contribution in [1.82, 2.24) is 9.80 Å². The summed E-state index contributed by atoms with van der Waals surface area (Å²) in [5, 5.41) is 0.790. The largest absolute Gasteiger partial charge is 0.412 e. The second-order valence-corrected chi connectivity index (χ2v) is 8.10. The lowest BCUT2D eigenvalue weighted by atomic mass is 9.96. The van der Waals surface area contributed by atoms with Crippen LogP contribution in [0.4, 0.5) is 0 Å². The third-order valence-electron chi connectivity index (χ3n) is 5.56. The Bertz CT molecular complexity index is 895. The summed E-state index contributed by atoms with van der Waals surface area (Å²) in [7, 11) is 0. The smallest absolute Gasteiger partial charge is 0.0602 e. The number of hydrogen-bond acceptors (Lipinski definition) is 2. The van der Waals surface area contributed by atoms with Gasteiger partial charge in [0.1, 0.15) is 0 Å². The fourth-order valence-electron chi connectivity index (χ4n) is 4.14. The summed E-state index contributed by atoms with van der Waals surface area (Å²) in [4.78, 5) is 5.17. The number of piperazine rings is 1. The zero-order valence-corrected chi connectivity index (χ0v) is 18.9. The minimum atomic E-state index is 0. The molecule has 1 saturated heterocycles. The van der Waals surface area contributed by atoms with Crippen molar-refractivity contribution < 1.29 is 5.48 Å². The van der Waals surface area contributed by atoms with Crippen LogP contribution in [-0.2, 0) is 6.54 Å². The van der Waals surface area contributed by atoms with Crippen molar-refractivity contribution >= 4 is 24.0 Å². The molecule has 1 aliphatic rings. The van der Waals surface area contributed by atoms with E-state index in [1.54, 1.807) is 0 Å². The number of rotatable bonds is 5. The Balaban J connectivity index is 0.00000160. The summed E-state index contributed by atoms with van der Waals surface area (Å²) in [5.74, 6) is 0. The normalized spacial score (nSPS) is 15.7. The van der Waals surface area contributed by atoms with Crippen molar-refractivity contribution in [3.63, 3.8) is 0 Å². The van der Waals surface area contributed by atoms with Crippen molar-refractivity contribution in [2.24, 2.45) is 0 Å². The Morgan fingerprint density at radius 2 is 1.43 bits per heavy atom. The van der Waals surface area contributed by atoms with E-state index in [1.165, 1.54) is 22.3 Å². The molecule has 1 fully saturated rings. The van der Waals surface area contributed by atoms with Gasteiger partial charge in [0.25, 0.3) is 0 Å². The molecule has 3 aromatic rings. The highest BCUT2D eigenvalue weighted by Gasteiger charge is 2.26. The Kier molecular flexibility index (Phi) is 9.35. The third-order valence-corrected chi connectivity index (χ3v) is 5.81. The first-order chi connectivity index (χ1) is 13.7. The summed E-state index contributed by atoms with van der Waals surface area (Å²) >= 11 is 6.14. The van der Waals surface area contributed by atoms with Crippen molar-refractivity contribution in [1.29, 1.82) is 0 Å². The molecule has 0 aliphatic carbocycles. The highest BCUT2D eigenvalue weighted by atomic mass is 35.5. The minimum absolute atomic E-state index is 0. The maximum Gasteiger partial charge on any atom is 0.0602 e. The molecule has 1 heterocycles. The summed E-state index contributed by atoms with van der Waals surface area (Å²) in [5.41, 5.74) is 5.40. The van der Waals surface area contributed by atoms with E-state index in [4.69, 9.17) is 11.6 Å². The lowest BCUT2D eigenvalue weighted by Gasteiger charge is -2.40. The zero-order valence-electron chi connectivity index (χ0n) is 17.3. The highest BCUT2D eigenvalue weighted by molar-refractivity contribution is 6.30. The summed E-state index contributed by atoms with van der Waals surface area (Å²) in [6.07, 6.45) is 0. The second-order valence-electron chi connectivity index (χ2n) is 7.67. The Morgan fingerprint density at radius 1 is 0.800 bits per heavy atom. The molecule has 3 nitrogen and oxygen atoms in total. The van der Waals surface area contributed by atoms with Crippen LogP contribution < -0.4 is 0 Å². The van der Waals surface area contributed by atoms with Crippen LogP contribution in [0.5, 0.6) is 0 Å². The van der Waals surface area contributed by atoms with Gasteiger partial charge in [0.2, 0.25) is 0 Å². The van der Waals surface area contributed by atoms with E-state index in [0.29, 0.717) is 0 Å². The van der Waals surface area contributed by atoms with Crippen LogP contribution >= 0.6 is 24.0 Å². The van der Waals surface area contributed by atoms with Crippen LogP contribution in [0.2, 0.25) is 5.02 Å². The van der Waals surface area contributed by atoms with Gasteiger partial charge in [-0.1, -0.05) is 83.9 Å². The molecule has 1 aliphatic heterocycles. The van der Waals surface area contributed by atoms with Crippen molar-refractivity contribution in [3.8, 4) is 0 Å². The molecule has 30 heavy (non-hydrogen) atoms. The Morgan fingerprint density at radius 3 is 2.07 bits per heavy atom. The first-order valence-corrected chi connectivity index (χ1v) is 10.4. The molecule has 0 radical (unpaired) electrons. The fourth-order valence-corrected chi connectivity index (χ4v) is 4.27. The summed E-state index contributed by atoms with van der Waals surface area (Å²) in [6.45, 7) is 7.50. The van der Waals surface area contributed by atoms with Gasteiger partial charge >= 0.3 is 0 Å². The molecule has 0 amide bonds. The quantitative estimate of drug-likeness (QED) is 0.545. The van der Waals surface area contributed by atoms with Gasteiger partial charge in [0.15, 0.2) is 0 Å². The molecule has 2 N–H and O–H groups in total. The van der Waals surface area contributed by atoms with E-state index in [9.17, 15) is 0 Å². The van der Waals surface area contributed by atoms with Gasteiger partial charge in [0, 0.05) is 37.7 Å². The van der Waals surface area contributed by atoms with E-state index in [1.807, 2.05) is 12.1 Å². The minimum Gasteiger partial charge on any atom is -0.412 e. The third kappa shape index (κ3) is 6.07. The molecule has 0 spiro atoms. The predicted molar refractivity (Wildman–Crippen MR) is 129 cm³/mol. The number of nitrogens with zero attached hydrogens (tertiary/aromatic N) is 2. The number of aryl methyl sites for hydroxylation is 1. The van der Waals surface area contributed by atoms with Gasteiger partial charge in [-0.25, -0.2) is 0 Å². The molecule has 0 bridgehead atoms. The first-order valence-electron chi connectivity index (χ1n) is 10.0. The lowest BCUT2D eigenvalue weighted by Crippen LogP contribution is -2.47. The fraction of sp³-hybridized carbons (Fsp3) is 0.280. The van der Waals surface area contributed by atoms with E-state index in [0.717, 1.165) is 37.7 Å². The van der Waals surface area contributed by atoms with Gasteiger partial charge in [-0.3, -0.25) is 9.80 Å². The molecule has 4 rings (SSSR count). The van der Waals surface area contributed by atoms with Gasteiger partial charge < -0.3 is 5.48 Å². The zero-order chi connectivity index (χ0) is 19.3. The number of hydrogen-bond donors (Lipinski definition) is 0. The lowest BCUT2D eigenvalue weighted by molar-refractivity contribution is 0.105. The predicted octanol–water partition coefficient (Wildman–Crippen LogP) is 5.15. The van der Waals surface area contributed by atoms with Crippen LogP contribution in [0.1, 0.15) is 28.3 Å². The molecule has 1 atom stereocenters. The van der Waals surface area contributed by atoms with Crippen molar-refractivity contribution in [2.75, 3.05) is 26.2 Å². The SMILES string of the molecule is Cc1cccc(CN2CCN(C(c3ccccc3)c3ccc(Cl)cc3)CC2)c1.Cl.O. The highest BCUT2D eigenvalue weighted by Crippen LogP contribution is 2.30. The van der Waals surface area contributed by atoms with Gasteiger partial charge in [-0.15, -0.1) is 12.4 Å². The summed E-state index contributed by atoms with van der Waals surface area (Å²) < 4.78 is 0. The molecular weight excluding hydrogens is 415 g/mol. The second kappa shape index (κ2) is 11.5. The van der Waals surface area contributed by atoms with Crippen molar-refractivity contribution in [2.45, 2.75) is 19.5 Å². The first kappa shape index (κ1) is 24.4. The molecule has 160 valence electrons. The van der Waals surface area contributed by atoms with Crippen LogP contribution in [0, 0.1) is 6.92 Å². The van der Waals surface area contributed by atoms with E-state index >= 15 is 0 Å². The number of halogens is 2. The standard InChI is InChI=1S/C25H27ClN2.ClH.H2O/c1-20-6-5-7-21(18-20)19-27-14-16-28(17-15-27)25(22-8-3-2-4-9-22)23-10-12-24(26)13-11-23;;/h2-13,18,25H,14-17,19H2,1H3;1H;1H2. The monoisotopic (exact) mass is 444 g/mol. The van der Waals surface area contributed by atoms with Gasteiger partial charge in [0.05, 0.1) is 6.04 Å². The van der Waals surface area contributed by atoms with Crippen molar-refractivity contribution in [3.05, 3.63) is 106 Å². The van der Waals surface area contributed by atoms with Crippen LogP contribution in [0.3, 0.4) is 0 Å². The average Bonchev–Trinajstić information content (AvgIpc) is 2.72. The topological polar surface area (TPSA) is 38.0 Å². The average molecular weight is 445 g/mol. The summed E-state index contributed by atoms with van der Waals surface area (Å²) in [6, 6.07) is 28.3. The molecule has 1 unspecified atom stereocenters. The number of benzene rings is 3. The van der Waals surface area contributed by atoms with E-state index < -0.39 is 0 Å². The van der Waals surface area contributed by atoms with E-state index in [-0.39, 0.29) is 23.9 Å². The maximum absolute atomic E-state index is 6.14. The van der Waals surface area contributed by atoms with Crippen LogP contribution in [0.15, 0.2) is 78.9 Å². The maximum atomic E-state index is 6.14. The van der Waals surface area contributed by atoms with Crippen LogP contribution in [0.25, 0.3) is 0 Å². The molecule has 0 aromatic heterocycles. The van der Waals surface area contributed by atoms with Gasteiger partial charge in [-0.05, 0) is 35.7 Å². The molecule has 0 saturated carbocycles. The Hall–Kier alpha value is -1.88. The molecular formula is C25H30Cl2N2O. The Labute approximate surface area is 191 Å². The van der Waals surface area contributed by atoms with Gasteiger partial charge in [-0.2, -0.15) is 0 Å². The van der Waals surface area contributed by atoms with Crippen LogP contribution in [-0.4, -0.2) is 41.5 Å². The van der Waals surface area contributed by atoms with E-state index in [2.05, 4.69) is 83.5 Å².